The predicted octanol–water partition coefficient (Wildman–Crippen LogP) is 7.98. The second-order valence-corrected chi connectivity index (χ2v) is 19.4. The van der Waals surface area contributed by atoms with Crippen LogP contribution in [0, 0.1) is 45.3 Å². The molecule has 0 aromatic heterocycles. The summed E-state index contributed by atoms with van der Waals surface area (Å²) in [5.74, 6) is -0.221. The standard InChI is InChI=1S/C45H68N2O8/c1-27(48)53-35-25-37-42(6)20-18-38(54-28(2)49)41(4,5)36(42)17-22-43(37,7)44(8)21-16-32(39(35)44)45(9,55-29(3)50)19-13-23-46-34(40(51)52-10)24-30-26-47-33-15-12-11-14-31(30)33/h11-12,14-15,30,32,34-39,46-47H,13,16-26H2,1-10H3/t30?,32?,34-,35?,36?,37?,38-,39-,42-,43+,44+,45-/m0/s1. The molecule has 1 heterocycles. The number of esters is 4. The number of carbonyl (C=O) groups excluding carboxylic acids is 4. The Bertz CT molecular complexity index is 1630. The fraction of sp³-hybridized carbons (Fsp3) is 0.778. The number of fused-ring (bicyclic) bond motifs is 6. The van der Waals surface area contributed by atoms with Crippen molar-refractivity contribution in [2.45, 2.75) is 156 Å². The van der Waals surface area contributed by atoms with E-state index in [-0.39, 0.29) is 75.5 Å². The van der Waals surface area contributed by atoms with Crippen LogP contribution in [0.4, 0.5) is 5.69 Å². The minimum atomic E-state index is -0.794. The lowest BCUT2D eigenvalue weighted by atomic mass is 9.35. The first-order valence-corrected chi connectivity index (χ1v) is 21.0. The van der Waals surface area contributed by atoms with E-state index >= 15 is 0 Å². The molecule has 0 amide bonds. The largest absolute Gasteiger partial charge is 0.468 e. The van der Waals surface area contributed by atoms with Gasteiger partial charge < -0.3 is 29.6 Å². The zero-order valence-corrected chi connectivity index (χ0v) is 35.2. The summed E-state index contributed by atoms with van der Waals surface area (Å²) in [6, 6.07) is 7.78. The second kappa shape index (κ2) is 15.3. The lowest BCUT2D eigenvalue weighted by Gasteiger charge is -2.70. The van der Waals surface area contributed by atoms with Gasteiger partial charge in [0, 0.05) is 56.2 Å². The van der Waals surface area contributed by atoms with E-state index in [0.29, 0.717) is 37.6 Å². The Labute approximate surface area is 329 Å². The summed E-state index contributed by atoms with van der Waals surface area (Å²) in [7, 11) is 1.43. The molecule has 2 N–H and O–H groups in total. The number of hydrogen-bond acceptors (Lipinski definition) is 10. The highest BCUT2D eigenvalue weighted by Crippen LogP contribution is 2.76. The van der Waals surface area contributed by atoms with Crippen molar-refractivity contribution in [2.75, 3.05) is 25.5 Å². The Morgan fingerprint density at radius 2 is 1.58 bits per heavy atom. The number of nitrogens with one attached hydrogen (secondary N) is 2. The third-order valence-corrected chi connectivity index (χ3v) is 16.3. The van der Waals surface area contributed by atoms with E-state index < -0.39 is 11.6 Å². The van der Waals surface area contributed by atoms with Crippen LogP contribution in [0.5, 0.6) is 0 Å². The topological polar surface area (TPSA) is 129 Å². The molecule has 55 heavy (non-hydrogen) atoms. The molecule has 4 saturated carbocycles. The van der Waals surface area contributed by atoms with Crippen LogP contribution in [-0.4, -0.2) is 67.9 Å². The zero-order valence-electron chi connectivity index (χ0n) is 35.2. The summed E-state index contributed by atoms with van der Waals surface area (Å²) in [5.41, 5.74) is 1.15. The van der Waals surface area contributed by atoms with Crippen LogP contribution in [0.3, 0.4) is 0 Å². The number of ether oxygens (including phenoxy) is 4. The quantitative estimate of drug-likeness (QED) is 0.123. The van der Waals surface area contributed by atoms with Crippen molar-refractivity contribution in [1.82, 2.24) is 5.32 Å². The molecule has 306 valence electrons. The van der Waals surface area contributed by atoms with Gasteiger partial charge in [-0.2, -0.15) is 0 Å². The Morgan fingerprint density at radius 1 is 0.891 bits per heavy atom. The number of hydrogen-bond donors (Lipinski definition) is 2. The highest BCUT2D eigenvalue weighted by atomic mass is 16.6. The van der Waals surface area contributed by atoms with E-state index in [1.54, 1.807) is 0 Å². The van der Waals surface area contributed by atoms with Gasteiger partial charge in [-0.05, 0) is 117 Å². The van der Waals surface area contributed by atoms with Gasteiger partial charge in [0.25, 0.3) is 0 Å². The smallest absolute Gasteiger partial charge is 0.322 e. The van der Waals surface area contributed by atoms with E-state index in [4.69, 9.17) is 18.9 Å². The lowest BCUT2D eigenvalue weighted by molar-refractivity contribution is -0.253. The highest BCUT2D eigenvalue weighted by molar-refractivity contribution is 5.76. The van der Waals surface area contributed by atoms with Crippen LogP contribution in [0.2, 0.25) is 0 Å². The van der Waals surface area contributed by atoms with E-state index in [1.165, 1.54) is 33.4 Å². The van der Waals surface area contributed by atoms with E-state index in [2.05, 4.69) is 64.3 Å². The monoisotopic (exact) mass is 764 g/mol. The van der Waals surface area contributed by atoms with Crippen molar-refractivity contribution in [2.24, 2.45) is 45.3 Å². The first-order chi connectivity index (χ1) is 25.8. The predicted molar refractivity (Wildman–Crippen MR) is 211 cm³/mol. The summed E-state index contributed by atoms with van der Waals surface area (Å²) in [4.78, 5) is 51.0. The molecule has 1 aromatic rings. The van der Waals surface area contributed by atoms with Crippen LogP contribution in [0.25, 0.3) is 0 Å². The SMILES string of the molecule is COC(=O)[C@H](CC1CNc2ccccc21)NCCC[C@](C)(OC(C)=O)C1CC[C@]2(C)[C@@H]1C(OC(C)=O)CC1[C@@]3(C)CC[C@H](OC(C)=O)C(C)(C)C3CC[C@]12C. The average molecular weight is 765 g/mol. The molecule has 10 heteroatoms. The number of benzene rings is 1. The summed E-state index contributed by atoms with van der Waals surface area (Å²) < 4.78 is 24.0. The van der Waals surface area contributed by atoms with Gasteiger partial charge in [-0.1, -0.05) is 52.8 Å². The maximum atomic E-state index is 13.0. The van der Waals surface area contributed by atoms with Gasteiger partial charge >= 0.3 is 23.9 Å². The van der Waals surface area contributed by atoms with Crippen LogP contribution >= 0.6 is 0 Å². The van der Waals surface area contributed by atoms with Crippen LogP contribution in [0.15, 0.2) is 24.3 Å². The van der Waals surface area contributed by atoms with Gasteiger partial charge in [0.05, 0.1) is 7.11 Å². The van der Waals surface area contributed by atoms with Crippen molar-refractivity contribution in [3.05, 3.63) is 29.8 Å². The number of methoxy groups -OCH3 is 1. The molecule has 5 unspecified atom stereocenters. The summed E-state index contributed by atoms with van der Waals surface area (Å²) >= 11 is 0. The first-order valence-electron chi connectivity index (χ1n) is 21.0. The molecule has 0 bridgehead atoms. The molecular formula is C45H68N2O8. The molecule has 4 fully saturated rings. The molecule has 5 aliphatic rings. The van der Waals surface area contributed by atoms with E-state index in [9.17, 15) is 19.2 Å². The minimum Gasteiger partial charge on any atom is -0.468 e. The Kier molecular flexibility index (Phi) is 11.6. The molecular weight excluding hydrogens is 697 g/mol. The molecule has 0 radical (unpaired) electrons. The van der Waals surface area contributed by atoms with Crippen LogP contribution < -0.4 is 10.6 Å². The number of rotatable bonds is 12. The fourth-order valence-corrected chi connectivity index (χ4v) is 13.7. The Morgan fingerprint density at radius 3 is 2.25 bits per heavy atom. The third kappa shape index (κ3) is 7.31. The van der Waals surface area contributed by atoms with Crippen molar-refractivity contribution in [1.29, 1.82) is 0 Å². The first kappa shape index (κ1) is 41.5. The van der Waals surface area contributed by atoms with Crippen molar-refractivity contribution in [3.8, 4) is 0 Å². The van der Waals surface area contributed by atoms with Gasteiger partial charge in [-0.15, -0.1) is 0 Å². The lowest BCUT2D eigenvalue weighted by Crippen LogP contribution is -2.67. The van der Waals surface area contributed by atoms with Crippen molar-refractivity contribution >= 4 is 29.6 Å². The van der Waals surface area contributed by atoms with Gasteiger partial charge in [0.1, 0.15) is 23.9 Å². The highest BCUT2D eigenvalue weighted by Gasteiger charge is 2.72. The average Bonchev–Trinajstić information content (AvgIpc) is 3.69. The van der Waals surface area contributed by atoms with Gasteiger partial charge in [-0.3, -0.25) is 19.2 Å². The molecule has 1 aromatic carbocycles. The third-order valence-electron chi connectivity index (χ3n) is 16.3. The summed E-state index contributed by atoms with van der Waals surface area (Å²) in [6.07, 6.45) is 7.98. The molecule has 12 atom stereocenters. The van der Waals surface area contributed by atoms with Crippen molar-refractivity contribution < 1.29 is 38.1 Å². The maximum absolute atomic E-state index is 13.0. The number of anilines is 1. The zero-order chi connectivity index (χ0) is 40.1. The summed E-state index contributed by atoms with van der Waals surface area (Å²) in [5, 5.41) is 6.96. The van der Waals surface area contributed by atoms with E-state index in [0.717, 1.165) is 57.2 Å². The second-order valence-electron chi connectivity index (χ2n) is 19.4. The van der Waals surface area contributed by atoms with Gasteiger partial charge in [0.15, 0.2) is 0 Å². The molecule has 10 nitrogen and oxygen atoms in total. The number of para-hydroxylation sites is 1. The molecule has 6 rings (SSSR count). The minimum absolute atomic E-state index is 0.0114. The van der Waals surface area contributed by atoms with E-state index in [1.807, 2.05) is 12.1 Å². The molecule has 0 saturated heterocycles. The summed E-state index contributed by atoms with van der Waals surface area (Å²) in [6.45, 7) is 19.9. The molecule has 4 aliphatic carbocycles. The maximum Gasteiger partial charge on any atom is 0.322 e. The Balaban J connectivity index is 1.23. The fourth-order valence-electron chi connectivity index (χ4n) is 13.7. The van der Waals surface area contributed by atoms with Crippen LogP contribution in [0.1, 0.15) is 138 Å². The van der Waals surface area contributed by atoms with Crippen LogP contribution in [-0.2, 0) is 38.1 Å². The van der Waals surface area contributed by atoms with Gasteiger partial charge in [0.2, 0.25) is 0 Å². The molecule has 1 aliphatic heterocycles. The van der Waals surface area contributed by atoms with Gasteiger partial charge in [-0.25, -0.2) is 0 Å². The number of carbonyl (C=O) groups is 4. The van der Waals surface area contributed by atoms with Crippen molar-refractivity contribution in [3.63, 3.8) is 0 Å². The normalized spacial score (nSPS) is 37.4. The molecule has 0 spiro atoms. The Hall–Kier alpha value is -3.14.